The van der Waals surface area contributed by atoms with Gasteiger partial charge in [0.25, 0.3) is 5.91 Å². The normalized spacial score (nSPS) is 20.5. The maximum atomic E-state index is 12.2. The first-order chi connectivity index (χ1) is 10.4. The van der Waals surface area contributed by atoms with E-state index in [1.807, 2.05) is 32.9 Å². The summed E-state index contributed by atoms with van der Waals surface area (Å²) in [6, 6.07) is 3.69. The number of halogens is 1. The van der Waals surface area contributed by atoms with Crippen molar-refractivity contribution >= 4 is 17.5 Å². The van der Waals surface area contributed by atoms with Gasteiger partial charge < -0.3 is 14.8 Å². The lowest BCUT2D eigenvalue weighted by atomic mass is 10.1. The van der Waals surface area contributed by atoms with E-state index in [1.165, 1.54) is 0 Å². The summed E-state index contributed by atoms with van der Waals surface area (Å²) in [6.07, 6.45) is 1.59. The van der Waals surface area contributed by atoms with Crippen LogP contribution in [0.3, 0.4) is 0 Å². The quantitative estimate of drug-likeness (QED) is 0.902. The molecule has 1 aliphatic rings. The lowest BCUT2D eigenvalue weighted by Gasteiger charge is -2.22. The third-order valence-corrected chi connectivity index (χ3v) is 4.58. The number of hydrogen-bond acceptors (Lipinski definition) is 3. The summed E-state index contributed by atoms with van der Waals surface area (Å²) in [4.78, 5) is 12.2. The van der Waals surface area contributed by atoms with Crippen LogP contribution < -0.4 is 10.1 Å². The number of nitrogens with one attached hydrogen (secondary N) is 1. The number of benzene rings is 1. The summed E-state index contributed by atoms with van der Waals surface area (Å²) >= 11 is 6.14. The molecule has 5 heteroatoms. The molecule has 3 atom stereocenters. The number of ether oxygens (including phenoxy) is 2. The van der Waals surface area contributed by atoms with Crippen LogP contribution in [0, 0.1) is 13.8 Å². The second-order valence-electron chi connectivity index (χ2n) is 5.98. The Kier molecular flexibility index (Phi) is 5.70. The van der Waals surface area contributed by atoms with Gasteiger partial charge in [-0.05, 0) is 63.8 Å². The Morgan fingerprint density at radius 3 is 2.55 bits per heavy atom. The fraction of sp³-hybridized carbons (Fsp3) is 0.588. The number of carbonyl (C=O) groups excluding carboxylic acids is 1. The van der Waals surface area contributed by atoms with Crippen molar-refractivity contribution in [2.75, 3.05) is 6.61 Å². The highest BCUT2D eigenvalue weighted by molar-refractivity contribution is 6.32. The molecule has 122 valence electrons. The molecular weight excluding hydrogens is 302 g/mol. The fourth-order valence-electron chi connectivity index (χ4n) is 2.66. The van der Waals surface area contributed by atoms with Gasteiger partial charge >= 0.3 is 0 Å². The molecule has 1 fully saturated rings. The molecule has 0 radical (unpaired) electrons. The highest BCUT2D eigenvalue weighted by Gasteiger charge is 2.25. The van der Waals surface area contributed by atoms with Crippen LogP contribution in [-0.4, -0.2) is 30.8 Å². The van der Waals surface area contributed by atoms with E-state index in [0.717, 1.165) is 35.6 Å². The van der Waals surface area contributed by atoms with Gasteiger partial charge in [0.2, 0.25) is 0 Å². The van der Waals surface area contributed by atoms with Gasteiger partial charge in [-0.15, -0.1) is 0 Å². The summed E-state index contributed by atoms with van der Waals surface area (Å²) in [7, 11) is 0. The molecule has 0 spiro atoms. The molecule has 1 aromatic carbocycles. The Balaban J connectivity index is 1.93. The monoisotopic (exact) mass is 325 g/mol. The van der Waals surface area contributed by atoms with Crippen LogP contribution in [0.15, 0.2) is 12.1 Å². The molecule has 1 N–H and O–H groups in total. The topological polar surface area (TPSA) is 47.6 Å². The summed E-state index contributed by atoms with van der Waals surface area (Å²) in [5.41, 5.74) is 1.88. The number of rotatable bonds is 5. The third kappa shape index (κ3) is 4.14. The van der Waals surface area contributed by atoms with Gasteiger partial charge in [-0.1, -0.05) is 11.6 Å². The van der Waals surface area contributed by atoms with E-state index in [4.69, 9.17) is 21.1 Å². The SMILES string of the molecule is Cc1cc(O[C@H](C)C(=O)N[C@H](C)[C@@H]2CCCO2)cc(C)c1Cl. The molecule has 1 amide bonds. The standard InChI is InChI=1S/C17H24ClNO3/c1-10-8-14(9-11(2)16(10)18)22-13(4)17(20)19-12(3)15-6-5-7-21-15/h8-9,12-13,15H,5-7H2,1-4H3,(H,19,20)/t12-,13-,15+/m1/s1. The Morgan fingerprint density at radius 2 is 2.00 bits per heavy atom. The van der Waals surface area contributed by atoms with Crippen LogP contribution in [0.4, 0.5) is 0 Å². The van der Waals surface area contributed by atoms with Crippen LogP contribution >= 0.6 is 11.6 Å². The zero-order chi connectivity index (χ0) is 16.3. The minimum Gasteiger partial charge on any atom is -0.481 e. The summed E-state index contributed by atoms with van der Waals surface area (Å²) in [5.74, 6) is 0.528. The maximum absolute atomic E-state index is 12.2. The summed E-state index contributed by atoms with van der Waals surface area (Å²) in [6.45, 7) is 8.34. The molecule has 4 nitrogen and oxygen atoms in total. The van der Waals surface area contributed by atoms with Crippen LogP contribution in [-0.2, 0) is 9.53 Å². The van der Waals surface area contributed by atoms with E-state index in [-0.39, 0.29) is 18.1 Å². The van der Waals surface area contributed by atoms with E-state index in [9.17, 15) is 4.79 Å². The molecule has 1 saturated heterocycles. The molecule has 0 bridgehead atoms. The molecule has 22 heavy (non-hydrogen) atoms. The van der Waals surface area contributed by atoms with Crippen molar-refractivity contribution in [1.82, 2.24) is 5.32 Å². The predicted octanol–water partition coefficient (Wildman–Crippen LogP) is 3.41. The van der Waals surface area contributed by atoms with Gasteiger partial charge in [0.1, 0.15) is 5.75 Å². The van der Waals surface area contributed by atoms with Crippen molar-refractivity contribution < 1.29 is 14.3 Å². The minimum atomic E-state index is -0.566. The molecule has 2 rings (SSSR count). The summed E-state index contributed by atoms with van der Waals surface area (Å²) in [5, 5.41) is 3.70. The molecule has 1 aliphatic heterocycles. The zero-order valence-electron chi connectivity index (χ0n) is 13.6. The Hall–Kier alpha value is -1.26. The van der Waals surface area contributed by atoms with Crippen molar-refractivity contribution in [1.29, 1.82) is 0 Å². The van der Waals surface area contributed by atoms with Gasteiger partial charge in [-0.2, -0.15) is 0 Å². The van der Waals surface area contributed by atoms with E-state index in [1.54, 1.807) is 6.92 Å². The van der Waals surface area contributed by atoms with E-state index < -0.39 is 6.10 Å². The second-order valence-corrected chi connectivity index (χ2v) is 6.36. The largest absolute Gasteiger partial charge is 0.481 e. The van der Waals surface area contributed by atoms with Crippen LogP contribution in [0.5, 0.6) is 5.75 Å². The molecule has 0 unspecified atom stereocenters. The van der Waals surface area contributed by atoms with Crippen molar-refractivity contribution in [3.63, 3.8) is 0 Å². The smallest absolute Gasteiger partial charge is 0.261 e. The van der Waals surface area contributed by atoms with Crippen LogP contribution in [0.1, 0.15) is 37.8 Å². The Labute approximate surface area is 137 Å². The molecular formula is C17H24ClNO3. The highest BCUT2D eigenvalue weighted by atomic mass is 35.5. The number of hydrogen-bond donors (Lipinski definition) is 1. The molecule has 0 saturated carbocycles. The first kappa shape index (κ1) is 17.1. The van der Waals surface area contributed by atoms with Gasteiger partial charge in [-0.3, -0.25) is 4.79 Å². The first-order valence-corrected chi connectivity index (χ1v) is 8.11. The van der Waals surface area contributed by atoms with E-state index >= 15 is 0 Å². The van der Waals surface area contributed by atoms with Crippen molar-refractivity contribution in [2.24, 2.45) is 0 Å². The van der Waals surface area contributed by atoms with Gasteiger partial charge in [0, 0.05) is 11.6 Å². The van der Waals surface area contributed by atoms with Gasteiger partial charge in [-0.25, -0.2) is 0 Å². The summed E-state index contributed by atoms with van der Waals surface area (Å²) < 4.78 is 11.3. The molecule has 1 heterocycles. The average molecular weight is 326 g/mol. The van der Waals surface area contributed by atoms with E-state index in [0.29, 0.717) is 5.75 Å². The number of carbonyl (C=O) groups is 1. The van der Waals surface area contributed by atoms with E-state index in [2.05, 4.69) is 5.32 Å². The van der Waals surface area contributed by atoms with Gasteiger partial charge in [0.15, 0.2) is 6.10 Å². The van der Waals surface area contributed by atoms with Crippen molar-refractivity contribution in [2.45, 2.75) is 58.8 Å². The Bertz CT molecular complexity index is 518. The number of aryl methyl sites for hydroxylation is 2. The molecule has 0 aliphatic carbocycles. The first-order valence-electron chi connectivity index (χ1n) is 7.74. The van der Waals surface area contributed by atoms with Crippen molar-refractivity contribution in [3.05, 3.63) is 28.3 Å². The van der Waals surface area contributed by atoms with Crippen molar-refractivity contribution in [3.8, 4) is 5.75 Å². The second kappa shape index (κ2) is 7.34. The third-order valence-electron chi connectivity index (χ3n) is 3.98. The lowest BCUT2D eigenvalue weighted by Crippen LogP contribution is -2.46. The number of amides is 1. The average Bonchev–Trinajstić information content (AvgIpc) is 2.98. The molecule has 1 aromatic rings. The lowest BCUT2D eigenvalue weighted by molar-refractivity contribution is -0.128. The van der Waals surface area contributed by atoms with Crippen LogP contribution in [0.2, 0.25) is 5.02 Å². The Morgan fingerprint density at radius 1 is 1.36 bits per heavy atom. The highest BCUT2D eigenvalue weighted by Crippen LogP contribution is 2.26. The fourth-order valence-corrected chi connectivity index (χ4v) is 2.77. The predicted molar refractivity (Wildman–Crippen MR) is 87.6 cm³/mol. The van der Waals surface area contributed by atoms with Crippen LogP contribution in [0.25, 0.3) is 0 Å². The minimum absolute atomic E-state index is 0.00487. The van der Waals surface area contributed by atoms with Gasteiger partial charge in [0.05, 0.1) is 12.1 Å². The maximum Gasteiger partial charge on any atom is 0.261 e. The zero-order valence-corrected chi connectivity index (χ0v) is 14.4. The molecule has 0 aromatic heterocycles.